The number of pyridine rings is 1. The van der Waals surface area contributed by atoms with Crippen molar-refractivity contribution in [3.05, 3.63) is 52.7 Å². The molecule has 0 atom stereocenters. The van der Waals surface area contributed by atoms with Gasteiger partial charge in [0, 0.05) is 25.3 Å². The van der Waals surface area contributed by atoms with Gasteiger partial charge in [-0.15, -0.1) is 0 Å². The Balaban J connectivity index is 1.62. The SMILES string of the molecule is Cc1cc(C2(C)CCCCC2)ccc1-c1cc(C)c(C2CC[Si](C)(C)CC2)c[n+]1C. The van der Waals surface area contributed by atoms with Crippen LogP contribution in [-0.4, -0.2) is 8.07 Å². The number of nitrogens with zero attached hydrogens (tertiary/aromatic N) is 1. The summed E-state index contributed by atoms with van der Waals surface area (Å²) < 4.78 is 2.39. The summed E-state index contributed by atoms with van der Waals surface area (Å²) in [6.45, 7) is 12.3. The van der Waals surface area contributed by atoms with E-state index >= 15 is 0 Å². The summed E-state index contributed by atoms with van der Waals surface area (Å²) in [7, 11) is 1.35. The topological polar surface area (TPSA) is 3.88 Å². The van der Waals surface area contributed by atoms with Crippen molar-refractivity contribution < 1.29 is 4.57 Å². The summed E-state index contributed by atoms with van der Waals surface area (Å²) in [4.78, 5) is 0. The first-order valence-corrected chi connectivity index (χ1v) is 15.7. The minimum Gasteiger partial charge on any atom is -0.201 e. The fourth-order valence-corrected chi connectivity index (χ4v) is 8.63. The van der Waals surface area contributed by atoms with Gasteiger partial charge >= 0.3 is 0 Å². The van der Waals surface area contributed by atoms with E-state index in [9.17, 15) is 0 Å². The maximum absolute atomic E-state index is 2.57. The van der Waals surface area contributed by atoms with E-state index in [1.54, 1.807) is 11.1 Å². The lowest BCUT2D eigenvalue weighted by Crippen LogP contribution is -2.34. The maximum atomic E-state index is 2.57. The zero-order valence-corrected chi connectivity index (χ0v) is 21.3. The van der Waals surface area contributed by atoms with E-state index in [1.165, 1.54) is 79.4 Å². The zero-order chi connectivity index (χ0) is 21.5. The van der Waals surface area contributed by atoms with Gasteiger partial charge in [0.1, 0.15) is 7.05 Å². The van der Waals surface area contributed by atoms with Gasteiger partial charge in [-0.2, -0.15) is 0 Å². The molecule has 4 rings (SSSR count). The Morgan fingerprint density at radius 1 is 0.933 bits per heavy atom. The molecule has 0 spiro atoms. The van der Waals surface area contributed by atoms with Gasteiger partial charge in [0.15, 0.2) is 6.20 Å². The van der Waals surface area contributed by atoms with Gasteiger partial charge in [-0.1, -0.05) is 63.5 Å². The summed E-state index contributed by atoms with van der Waals surface area (Å²) in [6, 6.07) is 12.7. The molecule has 0 bridgehead atoms. The van der Waals surface area contributed by atoms with Crippen molar-refractivity contribution in [3.63, 3.8) is 0 Å². The molecule has 1 nitrogen and oxygen atoms in total. The monoisotopic (exact) mass is 420 g/mol. The Hall–Kier alpha value is -1.41. The standard InChI is InChI=1S/C28H42NSi/c1-21-18-24(28(3)14-8-7-9-15-28)10-11-25(21)27-19-22(2)26(20-29(27)4)23-12-16-30(5,6)17-13-23/h10-11,18-20,23H,7-9,12-17H2,1-6H3/q+1. The van der Waals surface area contributed by atoms with Gasteiger partial charge in [-0.05, 0) is 73.6 Å². The lowest BCUT2D eigenvalue weighted by molar-refractivity contribution is -0.661. The Labute approximate surface area is 185 Å². The van der Waals surface area contributed by atoms with E-state index in [0.717, 1.165) is 5.92 Å². The number of aromatic nitrogens is 1. The highest BCUT2D eigenvalue weighted by atomic mass is 28.3. The van der Waals surface area contributed by atoms with Crippen LogP contribution >= 0.6 is 0 Å². The minimum atomic E-state index is -0.900. The first-order chi connectivity index (χ1) is 14.2. The molecule has 2 heterocycles. The average molecular weight is 421 g/mol. The zero-order valence-electron chi connectivity index (χ0n) is 20.3. The van der Waals surface area contributed by atoms with Crippen molar-refractivity contribution in [2.45, 2.75) is 102 Å². The van der Waals surface area contributed by atoms with E-state index in [-0.39, 0.29) is 0 Å². The molecule has 2 aromatic rings. The van der Waals surface area contributed by atoms with Gasteiger partial charge in [0.2, 0.25) is 5.69 Å². The molecule has 1 saturated carbocycles. The van der Waals surface area contributed by atoms with Crippen LogP contribution in [0.2, 0.25) is 25.2 Å². The molecule has 1 saturated heterocycles. The molecule has 1 aliphatic carbocycles. The van der Waals surface area contributed by atoms with Gasteiger partial charge in [0.25, 0.3) is 0 Å². The lowest BCUT2D eigenvalue weighted by Gasteiger charge is -2.34. The van der Waals surface area contributed by atoms with Crippen LogP contribution in [0, 0.1) is 13.8 Å². The highest BCUT2D eigenvalue weighted by molar-refractivity contribution is 6.77. The van der Waals surface area contributed by atoms with Crippen LogP contribution in [0.3, 0.4) is 0 Å². The predicted octanol–water partition coefficient (Wildman–Crippen LogP) is 7.60. The van der Waals surface area contributed by atoms with Crippen molar-refractivity contribution in [1.82, 2.24) is 0 Å². The smallest absolute Gasteiger partial charge is 0.201 e. The molecule has 2 heteroatoms. The Morgan fingerprint density at radius 2 is 1.60 bits per heavy atom. The molecular weight excluding hydrogens is 378 g/mol. The third kappa shape index (κ3) is 4.30. The maximum Gasteiger partial charge on any atom is 0.212 e. The van der Waals surface area contributed by atoms with Gasteiger partial charge in [0.05, 0.1) is 0 Å². The minimum absolute atomic E-state index is 0.377. The molecule has 162 valence electrons. The summed E-state index contributed by atoms with van der Waals surface area (Å²) in [5, 5.41) is 0. The quantitative estimate of drug-likeness (QED) is 0.355. The van der Waals surface area contributed by atoms with Crippen molar-refractivity contribution in [2.24, 2.45) is 7.05 Å². The first-order valence-electron chi connectivity index (χ1n) is 12.3. The first kappa shape index (κ1) is 21.8. The molecule has 1 aliphatic heterocycles. The van der Waals surface area contributed by atoms with Crippen molar-refractivity contribution >= 4 is 8.07 Å². The normalized spacial score (nSPS) is 21.5. The van der Waals surface area contributed by atoms with E-state index in [4.69, 9.17) is 0 Å². The second-order valence-corrected chi connectivity index (χ2v) is 16.8. The summed E-state index contributed by atoms with van der Waals surface area (Å²) >= 11 is 0. The van der Waals surface area contributed by atoms with Crippen LogP contribution in [-0.2, 0) is 12.5 Å². The van der Waals surface area contributed by atoms with Crippen LogP contribution < -0.4 is 4.57 Å². The molecule has 30 heavy (non-hydrogen) atoms. The molecular formula is C28H42NSi+. The van der Waals surface area contributed by atoms with E-state index < -0.39 is 8.07 Å². The molecule has 1 aromatic heterocycles. The third-order valence-electron chi connectivity index (χ3n) is 8.46. The van der Waals surface area contributed by atoms with Gasteiger partial charge in [-0.25, -0.2) is 4.57 Å². The number of hydrogen-bond donors (Lipinski definition) is 0. The van der Waals surface area contributed by atoms with Gasteiger partial charge < -0.3 is 0 Å². The number of rotatable bonds is 3. The van der Waals surface area contributed by atoms with Crippen LogP contribution in [0.1, 0.15) is 80.0 Å². The number of hydrogen-bond acceptors (Lipinski definition) is 0. The van der Waals surface area contributed by atoms with Crippen LogP contribution in [0.4, 0.5) is 0 Å². The predicted molar refractivity (Wildman–Crippen MR) is 132 cm³/mol. The average Bonchev–Trinajstić information content (AvgIpc) is 2.70. The summed E-state index contributed by atoms with van der Waals surface area (Å²) in [6.07, 6.45) is 12.1. The molecule has 2 aliphatic rings. The molecule has 0 N–H and O–H groups in total. The Kier molecular flexibility index (Phi) is 6.00. The van der Waals surface area contributed by atoms with Crippen LogP contribution in [0.15, 0.2) is 30.5 Å². The number of aryl methyl sites for hydroxylation is 3. The second kappa shape index (κ2) is 8.26. The highest BCUT2D eigenvalue weighted by Gasteiger charge is 2.32. The van der Waals surface area contributed by atoms with Crippen molar-refractivity contribution in [2.75, 3.05) is 0 Å². The van der Waals surface area contributed by atoms with Crippen LogP contribution in [0.5, 0.6) is 0 Å². The van der Waals surface area contributed by atoms with Crippen molar-refractivity contribution in [1.29, 1.82) is 0 Å². The Morgan fingerprint density at radius 3 is 2.23 bits per heavy atom. The fraction of sp³-hybridized carbons (Fsp3) is 0.607. The Bertz CT molecular complexity index is 910. The molecule has 0 radical (unpaired) electrons. The third-order valence-corrected chi connectivity index (χ3v) is 11.7. The number of benzene rings is 1. The second-order valence-electron chi connectivity index (χ2n) is 11.5. The van der Waals surface area contributed by atoms with Crippen molar-refractivity contribution in [3.8, 4) is 11.3 Å². The highest BCUT2D eigenvalue weighted by Crippen LogP contribution is 2.41. The fourth-order valence-electron chi connectivity index (χ4n) is 6.12. The van der Waals surface area contributed by atoms with E-state index in [2.05, 4.69) is 75.9 Å². The lowest BCUT2D eigenvalue weighted by atomic mass is 9.70. The molecule has 0 unspecified atom stereocenters. The molecule has 2 fully saturated rings. The molecule has 0 amide bonds. The van der Waals surface area contributed by atoms with Gasteiger partial charge in [-0.3, -0.25) is 0 Å². The van der Waals surface area contributed by atoms with Crippen LogP contribution in [0.25, 0.3) is 11.3 Å². The van der Waals surface area contributed by atoms with E-state index in [1.807, 2.05) is 0 Å². The summed E-state index contributed by atoms with van der Waals surface area (Å²) in [5.74, 6) is 0.764. The summed E-state index contributed by atoms with van der Waals surface area (Å²) in [5.41, 5.74) is 9.18. The largest absolute Gasteiger partial charge is 0.212 e. The van der Waals surface area contributed by atoms with E-state index in [0.29, 0.717) is 5.41 Å². The molecule has 1 aromatic carbocycles.